The molecule has 0 aliphatic heterocycles. The van der Waals surface area contributed by atoms with Crippen molar-refractivity contribution in [3.63, 3.8) is 0 Å². The Kier molecular flexibility index (Phi) is 11.0. The van der Waals surface area contributed by atoms with Gasteiger partial charge in [0, 0.05) is 34.2 Å². The summed E-state index contributed by atoms with van der Waals surface area (Å²) in [5.74, 6) is 5.93. The zero-order valence-corrected chi connectivity index (χ0v) is 29.6. The molecule has 0 saturated carbocycles. The van der Waals surface area contributed by atoms with Crippen LogP contribution in [-0.4, -0.2) is 0 Å². The maximum atomic E-state index is 5.91. The molecule has 7 rings (SSSR count). The summed E-state index contributed by atoms with van der Waals surface area (Å²) in [4.78, 5) is 0. The minimum Gasteiger partial charge on any atom is -0.457 e. The molecule has 8 N–H and O–H groups in total. The van der Waals surface area contributed by atoms with Gasteiger partial charge < -0.3 is 41.9 Å². The van der Waals surface area contributed by atoms with Gasteiger partial charge in [-0.05, 0) is 145 Å². The van der Waals surface area contributed by atoms with Crippen molar-refractivity contribution in [2.75, 3.05) is 22.9 Å². The fraction of sp³-hybridized carbons (Fsp3) is 0.0667. The Morgan fingerprint density at radius 3 is 0.792 bits per heavy atom. The Morgan fingerprint density at radius 1 is 0.302 bits per heavy atom. The Bertz CT molecular complexity index is 2050. The minimum atomic E-state index is -0.167. The van der Waals surface area contributed by atoms with Crippen molar-refractivity contribution in [3.05, 3.63) is 181 Å². The first-order valence-corrected chi connectivity index (χ1v) is 17.0. The summed E-state index contributed by atoms with van der Waals surface area (Å²) in [6.45, 7) is 4.41. The van der Waals surface area contributed by atoms with Gasteiger partial charge in [-0.3, -0.25) is 0 Å². The van der Waals surface area contributed by atoms with E-state index in [-0.39, 0.29) is 5.41 Å². The maximum Gasteiger partial charge on any atom is 0.131 e. The molecule has 7 aromatic carbocycles. The predicted octanol–water partition coefficient (Wildman–Crippen LogP) is 11.2. The molecule has 0 aliphatic carbocycles. The van der Waals surface area contributed by atoms with Gasteiger partial charge in [-0.2, -0.15) is 0 Å². The van der Waals surface area contributed by atoms with Crippen molar-refractivity contribution >= 4 is 22.7 Å². The van der Waals surface area contributed by atoms with E-state index in [1.165, 1.54) is 11.1 Å². The number of hydrogen-bond acceptors (Lipinski definition) is 8. The second kappa shape index (κ2) is 16.3. The van der Waals surface area contributed by atoms with Crippen LogP contribution in [0.2, 0.25) is 0 Å². The first-order chi connectivity index (χ1) is 25.6. The summed E-state index contributed by atoms with van der Waals surface area (Å²) in [6, 6.07) is 53.0. The van der Waals surface area contributed by atoms with Crippen molar-refractivity contribution in [3.8, 4) is 46.0 Å². The first-order valence-electron chi connectivity index (χ1n) is 17.0. The Hall–Kier alpha value is -7.06. The van der Waals surface area contributed by atoms with E-state index in [4.69, 9.17) is 41.9 Å². The molecule has 7 aromatic rings. The van der Waals surface area contributed by atoms with Crippen LogP contribution in [-0.2, 0) is 5.41 Å². The third kappa shape index (κ3) is 10.0. The molecule has 0 unspecified atom stereocenters. The summed E-state index contributed by atoms with van der Waals surface area (Å²) in [7, 11) is 0. The van der Waals surface area contributed by atoms with E-state index >= 15 is 0 Å². The SMILES string of the molecule is CC(C)(c1ccc(Oc2ccc(N)cc2)cc1)c1ccc(Oc2ccc(N)cc2)cc1.Nc1ccc(Oc2cccc(Oc3ccc(N)cc3)c2)cc1. The third-order valence-electron chi connectivity index (χ3n) is 8.42. The molecule has 0 heterocycles. The van der Waals surface area contributed by atoms with Crippen LogP contribution in [0.3, 0.4) is 0 Å². The summed E-state index contributed by atoms with van der Waals surface area (Å²) >= 11 is 0. The molecule has 266 valence electrons. The summed E-state index contributed by atoms with van der Waals surface area (Å²) in [5, 5.41) is 0. The van der Waals surface area contributed by atoms with Gasteiger partial charge >= 0.3 is 0 Å². The van der Waals surface area contributed by atoms with Crippen LogP contribution in [0, 0.1) is 0 Å². The van der Waals surface area contributed by atoms with E-state index in [2.05, 4.69) is 38.1 Å². The summed E-state index contributed by atoms with van der Waals surface area (Å²) in [6.07, 6.45) is 0. The molecular weight excluding hydrogens is 661 g/mol. The van der Waals surface area contributed by atoms with Crippen LogP contribution >= 0.6 is 0 Å². The van der Waals surface area contributed by atoms with E-state index in [0.29, 0.717) is 34.2 Å². The van der Waals surface area contributed by atoms with Crippen LogP contribution < -0.4 is 41.9 Å². The van der Waals surface area contributed by atoms with Gasteiger partial charge in [0.25, 0.3) is 0 Å². The van der Waals surface area contributed by atoms with Gasteiger partial charge in [0.2, 0.25) is 0 Å². The molecule has 0 amide bonds. The number of nitrogen functional groups attached to an aromatic ring is 4. The first kappa shape index (κ1) is 35.8. The number of anilines is 4. The van der Waals surface area contributed by atoms with Crippen molar-refractivity contribution < 1.29 is 18.9 Å². The Labute approximate surface area is 310 Å². The summed E-state index contributed by atoms with van der Waals surface area (Å²) < 4.78 is 23.4. The van der Waals surface area contributed by atoms with Crippen LogP contribution in [0.15, 0.2) is 170 Å². The molecule has 0 aliphatic rings. The molecule has 0 radical (unpaired) electrons. The van der Waals surface area contributed by atoms with Crippen molar-refractivity contribution in [2.24, 2.45) is 0 Å². The topological polar surface area (TPSA) is 141 Å². The molecule has 0 atom stereocenters. The highest BCUT2D eigenvalue weighted by molar-refractivity contribution is 5.48. The predicted molar refractivity (Wildman–Crippen MR) is 215 cm³/mol. The molecule has 0 saturated heterocycles. The molecule has 0 spiro atoms. The number of ether oxygens (including phenoxy) is 4. The Balaban J connectivity index is 0.000000192. The lowest BCUT2D eigenvalue weighted by Gasteiger charge is -2.26. The number of benzene rings is 7. The smallest absolute Gasteiger partial charge is 0.131 e. The van der Waals surface area contributed by atoms with Gasteiger partial charge in [-0.1, -0.05) is 44.2 Å². The quantitative estimate of drug-likeness (QED) is 0.103. The largest absolute Gasteiger partial charge is 0.457 e. The second-order valence-electron chi connectivity index (χ2n) is 12.8. The maximum absolute atomic E-state index is 5.91. The van der Waals surface area contributed by atoms with Crippen molar-refractivity contribution in [1.29, 1.82) is 0 Å². The lowest BCUT2D eigenvalue weighted by Crippen LogP contribution is -2.18. The normalized spacial score (nSPS) is 10.8. The molecule has 0 fully saturated rings. The molecule has 8 heteroatoms. The molecule has 0 aromatic heterocycles. The fourth-order valence-electron chi connectivity index (χ4n) is 5.33. The van der Waals surface area contributed by atoms with Crippen LogP contribution in [0.4, 0.5) is 22.7 Å². The highest BCUT2D eigenvalue weighted by Gasteiger charge is 2.23. The van der Waals surface area contributed by atoms with Crippen LogP contribution in [0.5, 0.6) is 46.0 Å². The van der Waals surface area contributed by atoms with E-state index in [1.807, 2.05) is 121 Å². The van der Waals surface area contributed by atoms with Crippen molar-refractivity contribution in [1.82, 2.24) is 0 Å². The lowest BCUT2D eigenvalue weighted by molar-refractivity contribution is 0.460. The van der Waals surface area contributed by atoms with Crippen LogP contribution in [0.25, 0.3) is 0 Å². The van der Waals surface area contributed by atoms with E-state index in [1.54, 1.807) is 24.3 Å². The third-order valence-corrected chi connectivity index (χ3v) is 8.42. The average Bonchev–Trinajstić information content (AvgIpc) is 3.16. The van der Waals surface area contributed by atoms with Gasteiger partial charge in [0.15, 0.2) is 0 Å². The highest BCUT2D eigenvalue weighted by atomic mass is 16.5. The standard InChI is InChI=1S/C27H26N2O2.C18H16N2O2/c1-27(2,19-3-11-23(12-4-19)30-25-15-7-21(28)8-16-25)20-5-13-24(14-6-20)31-26-17-9-22(29)10-18-26;19-13-4-8-15(9-5-13)21-17-2-1-3-18(12-17)22-16-10-6-14(20)7-11-16/h3-18H,28-29H2,1-2H3;1-12H,19-20H2. The second-order valence-corrected chi connectivity index (χ2v) is 12.8. The fourth-order valence-corrected chi connectivity index (χ4v) is 5.33. The highest BCUT2D eigenvalue weighted by Crippen LogP contribution is 2.35. The van der Waals surface area contributed by atoms with Gasteiger partial charge in [0.05, 0.1) is 0 Å². The van der Waals surface area contributed by atoms with E-state index in [0.717, 1.165) is 34.5 Å². The number of nitrogens with two attached hydrogens (primary N) is 4. The average molecular weight is 703 g/mol. The van der Waals surface area contributed by atoms with E-state index < -0.39 is 0 Å². The van der Waals surface area contributed by atoms with Gasteiger partial charge in [0.1, 0.15) is 46.0 Å². The molecule has 53 heavy (non-hydrogen) atoms. The van der Waals surface area contributed by atoms with Crippen molar-refractivity contribution in [2.45, 2.75) is 19.3 Å². The zero-order chi connectivity index (χ0) is 37.2. The van der Waals surface area contributed by atoms with Gasteiger partial charge in [-0.25, -0.2) is 0 Å². The monoisotopic (exact) mass is 702 g/mol. The molecular formula is C45H42N4O4. The lowest BCUT2D eigenvalue weighted by atomic mass is 9.78. The summed E-state index contributed by atoms with van der Waals surface area (Å²) in [5.41, 5.74) is 27.8. The van der Waals surface area contributed by atoms with Gasteiger partial charge in [-0.15, -0.1) is 0 Å². The molecule has 0 bridgehead atoms. The Morgan fingerprint density at radius 2 is 0.528 bits per heavy atom. The zero-order valence-electron chi connectivity index (χ0n) is 29.6. The number of rotatable bonds is 10. The number of hydrogen-bond donors (Lipinski definition) is 4. The molecule has 8 nitrogen and oxygen atoms in total. The van der Waals surface area contributed by atoms with Crippen LogP contribution in [0.1, 0.15) is 25.0 Å². The van der Waals surface area contributed by atoms with E-state index in [9.17, 15) is 0 Å². The minimum absolute atomic E-state index is 0.167.